The maximum atomic E-state index is 3.25. The van der Waals surface area contributed by atoms with E-state index in [2.05, 4.69) is 6.92 Å². The van der Waals surface area contributed by atoms with Crippen LogP contribution in [-0.2, 0) is 65.4 Å². The second-order valence-corrected chi connectivity index (χ2v) is 0. The molecule has 0 spiro atoms. The molecule has 36 valence electrons. The van der Waals surface area contributed by atoms with Gasteiger partial charge in [0.1, 0.15) is 0 Å². The summed E-state index contributed by atoms with van der Waals surface area (Å²) >= 11 is 0. The van der Waals surface area contributed by atoms with Crippen molar-refractivity contribution in [1.29, 1.82) is 0 Å². The minimum Gasteiger partial charge on any atom is -0.358 e. The summed E-state index contributed by atoms with van der Waals surface area (Å²) in [6, 6.07) is 0. The average molecular weight is 237 g/mol. The van der Waals surface area contributed by atoms with Gasteiger partial charge < -0.3 is 21.8 Å². The summed E-state index contributed by atoms with van der Waals surface area (Å²) in [5.74, 6) is 0. The van der Waals surface area contributed by atoms with Gasteiger partial charge in [-0.3, -0.25) is 0 Å². The second kappa shape index (κ2) is 57.0. The van der Waals surface area contributed by atoms with Gasteiger partial charge in [0, 0.05) is 65.4 Å². The molecular formula is C4H11Y2-3. The Morgan fingerprint density at radius 3 is 0.833 bits per heavy atom. The molecule has 2 heteroatoms. The smallest absolute Gasteiger partial charge is 0 e. The van der Waals surface area contributed by atoms with Crippen LogP contribution in [0.2, 0.25) is 0 Å². The summed E-state index contributed by atoms with van der Waals surface area (Å²) < 4.78 is 0. The van der Waals surface area contributed by atoms with Crippen LogP contribution >= 0.6 is 0 Å². The van der Waals surface area contributed by atoms with E-state index in [0.717, 1.165) is 0 Å². The van der Waals surface area contributed by atoms with Crippen LogP contribution in [0, 0.1) is 21.8 Å². The molecule has 0 saturated carbocycles. The molecule has 6 heavy (non-hydrogen) atoms. The van der Waals surface area contributed by atoms with E-state index < -0.39 is 0 Å². The van der Waals surface area contributed by atoms with Gasteiger partial charge in [0.2, 0.25) is 0 Å². The van der Waals surface area contributed by atoms with E-state index in [1.165, 1.54) is 0 Å². The molecule has 0 N–H and O–H groups in total. The summed E-state index contributed by atoms with van der Waals surface area (Å²) in [6.45, 7) is 5.00. The summed E-state index contributed by atoms with van der Waals surface area (Å²) in [6.07, 6.45) is 0. The molecule has 0 fully saturated rings. The molecule has 0 amide bonds. The molecule has 0 bridgehead atoms. The molecular weight excluding hydrogens is 226 g/mol. The van der Waals surface area contributed by atoms with Crippen LogP contribution in [-0.4, -0.2) is 0 Å². The van der Waals surface area contributed by atoms with Crippen molar-refractivity contribution in [2.24, 2.45) is 0 Å². The molecule has 0 saturated heterocycles. The van der Waals surface area contributed by atoms with Gasteiger partial charge in [0.05, 0.1) is 0 Å². The molecule has 0 aliphatic rings. The third kappa shape index (κ3) is 34.5. The standard InChI is InChI=1S/C2H5.2CH3.2Y/c1-2;;;;/h1H2,2H3;2*1H3;;/q3*-1;;. The fourth-order valence-electron chi connectivity index (χ4n) is 0. The molecule has 0 unspecified atom stereocenters. The molecule has 0 aromatic rings. The van der Waals surface area contributed by atoms with Crippen molar-refractivity contribution < 1.29 is 65.4 Å². The zero-order valence-electron chi connectivity index (χ0n) is 4.86. The van der Waals surface area contributed by atoms with Gasteiger partial charge >= 0.3 is 0 Å². The van der Waals surface area contributed by atoms with E-state index in [-0.39, 0.29) is 80.3 Å². The average Bonchev–Trinajstić information content (AvgIpc) is 1.00. The molecule has 2 radical (unpaired) electrons. The van der Waals surface area contributed by atoms with E-state index in [1.807, 2.05) is 0 Å². The molecule has 0 atom stereocenters. The Bertz CT molecular complexity index is 5.51. The van der Waals surface area contributed by atoms with Crippen molar-refractivity contribution >= 4 is 0 Å². The van der Waals surface area contributed by atoms with Crippen LogP contribution in [0.15, 0.2) is 0 Å². The zero-order chi connectivity index (χ0) is 2.00. The first-order valence-electron chi connectivity index (χ1n) is 0.707. The first-order chi connectivity index (χ1) is 1.00. The first-order valence-corrected chi connectivity index (χ1v) is 0.707. The van der Waals surface area contributed by atoms with Gasteiger partial charge in [-0.05, 0) is 0 Å². The van der Waals surface area contributed by atoms with Crippen LogP contribution in [0.5, 0.6) is 0 Å². The van der Waals surface area contributed by atoms with Crippen LogP contribution in [0.25, 0.3) is 0 Å². The third-order valence-corrected chi connectivity index (χ3v) is 0. The number of hydrogen-bond acceptors (Lipinski definition) is 0. The van der Waals surface area contributed by atoms with Gasteiger partial charge in [-0.15, -0.1) is 0 Å². The van der Waals surface area contributed by atoms with Gasteiger partial charge in [0.25, 0.3) is 0 Å². The van der Waals surface area contributed by atoms with Gasteiger partial charge in [-0.1, -0.05) is 0 Å². The third-order valence-electron chi connectivity index (χ3n) is 0. The molecule has 0 aromatic carbocycles. The largest absolute Gasteiger partial charge is 0.358 e. The maximum absolute atomic E-state index is 3.25. The SMILES string of the molecule is [CH2-]C.[CH3-].[CH3-].[Y].[Y]. The van der Waals surface area contributed by atoms with Crippen LogP contribution < -0.4 is 0 Å². The van der Waals surface area contributed by atoms with E-state index in [4.69, 9.17) is 0 Å². The van der Waals surface area contributed by atoms with E-state index in [9.17, 15) is 0 Å². The minimum atomic E-state index is 0. The van der Waals surface area contributed by atoms with Crippen molar-refractivity contribution in [2.75, 3.05) is 0 Å². The summed E-state index contributed by atoms with van der Waals surface area (Å²) in [5.41, 5.74) is 0. The fraction of sp³-hybridized carbons (Fsp3) is 0.250. The summed E-state index contributed by atoms with van der Waals surface area (Å²) in [5, 5.41) is 0. The molecule has 0 aliphatic carbocycles. The van der Waals surface area contributed by atoms with Crippen molar-refractivity contribution in [2.45, 2.75) is 6.92 Å². The van der Waals surface area contributed by atoms with Crippen molar-refractivity contribution in [3.8, 4) is 0 Å². The Labute approximate surface area is 92.6 Å². The van der Waals surface area contributed by atoms with Gasteiger partial charge in [0.15, 0.2) is 0 Å². The number of rotatable bonds is 0. The Kier molecular flexibility index (Phi) is 394. The Hall–Kier alpha value is 2.21. The fourth-order valence-corrected chi connectivity index (χ4v) is 0. The van der Waals surface area contributed by atoms with E-state index >= 15 is 0 Å². The van der Waals surface area contributed by atoms with Crippen LogP contribution in [0.4, 0.5) is 0 Å². The van der Waals surface area contributed by atoms with Crippen molar-refractivity contribution in [3.05, 3.63) is 21.8 Å². The molecule has 0 aliphatic heterocycles. The second-order valence-electron chi connectivity index (χ2n) is 0. The zero-order valence-corrected chi connectivity index (χ0v) is 10.5. The maximum Gasteiger partial charge on any atom is 0 e. The predicted molar refractivity (Wildman–Crippen MR) is 23.9 cm³/mol. The summed E-state index contributed by atoms with van der Waals surface area (Å²) in [7, 11) is 0. The molecule has 0 rings (SSSR count). The van der Waals surface area contributed by atoms with E-state index in [0.29, 0.717) is 0 Å². The van der Waals surface area contributed by atoms with Crippen molar-refractivity contribution in [1.82, 2.24) is 0 Å². The predicted octanol–water partition coefficient (Wildman–Crippen LogP) is 1.74. The molecule has 0 heterocycles. The van der Waals surface area contributed by atoms with Gasteiger partial charge in [-0.2, -0.15) is 6.92 Å². The molecule has 0 aromatic heterocycles. The Morgan fingerprint density at radius 1 is 0.833 bits per heavy atom. The molecule has 0 nitrogen and oxygen atoms in total. The Balaban J connectivity index is -0.000000000833. The van der Waals surface area contributed by atoms with E-state index in [1.54, 1.807) is 6.92 Å². The van der Waals surface area contributed by atoms with Crippen LogP contribution in [0.1, 0.15) is 6.92 Å². The van der Waals surface area contributed by atoms with Crippen molar-refractivity contribution in [3.63, 3.8) is 0 Å². The topological polar surface area (TPSA) is 0 Å². The quantitative estimate of drug-likeness (QED) is 0.563. The number of hydrogen-bond donors (Lipinski definition) is 0. The first kappa shape index (κ1) is 41.4. The normalized spacial score (nSPS) is 1.00. The van der Waals surface area contributed by atoms with Crippen LogP contribution in [0.3, 0.4) is 0 Å². The Morgan fingerprint density at radius 2 is 0.833 bits per heavy atom. The minimum absolute atomic E-state index is 0. The monoisotopic (exact) mass is 237 g/mol. The summed E-state index contributed by atoms with van der Waals surface area (Å²) in [4.78, 5) is 0. The van der Waals surface area contributed by atoms with Gasteiger partial charge in [-0.25, -0.2) is 0 Å².